The fourth-order valence-corrected chi connectivity index (χ4v) is 5.21. The van der Waals surface area contributed by atoms with E-state index in [1.54, 1.807) is 29.2 Å². The SMILES string of the molecule is CCCCCCCSc1nc(C=C(Cc2cccs2)C(=O)O)c(Cc2ccccc2Cl)[nH]1. The number of benzene rings is 1. The fraction of sp³-hybridized carbons (Fsp3) is 0.360. The summed E-state index contributed by atoms with van der Waals surface area (Å²) in [5.74, 6) is 0.0719. The van der Waals surface area contributed by atoms with Crippen molar-refractivity contribution in [2.45, 2.75) is 57.0 Å². The molecule has 2 aromatic heterocycles. The van der Waals surface area contributed by atoms with Crippen molar-refractivity contribution in [1.82, 2.24) is 9.97 Å². The summed E-state index contributed by atoms with van der Waals surface area (Å²) >= 11 is 9.63. The zero-order chi connectivity index (χ0) is 22.8. The van der Waals surface area contributed by atoms with Gasteiger partial charge in [-0.2, -0.15) is 0 Å². The Kier molecular flexibility index (Phi) is 9.90. The highest BCUT2D eigenvalue weighted by molar-refractivity contribution is 7.99. The lowest BCUT2D eigenvalue weighted by Gasteiger charge is -2.04. The number of aromatic amines is 1. The predicted octanol–water partition coefficient (Wildman–Crippen LogP) is 7.49. The Morgan fingerprint density at radius 1 is 1.19 bits per heavy atom. The van der Waals surface area contributed by atoms with Gasteiger partial charge in [-0.1, -0.05) is 80.2 Å². The zero-order valence-electron chi connectivity index (χ0n) is 18.3. The van der Waals surface area contributed by atoms with Crippen LogP contribution in [0.1, 0.15) is 60.9 Å². The molecule has 3 aromatic rings. The van der Waals surface area contributed by atoms with Crippen LogP contribution >= 0.6 is 34.7 Å². The number of aliphatic carboxylic acids is 1. The first kappa shape index (κ1) is 24.6. The lowest BCUT2D eigenvalue weighted by atomic mass is 10.1. The summed E-state index contributed by atoms with van der Waals surface area (Å²) in [5.41, 5.74) is 2.87. The number of nitrogens with one attached hydrogen (secondary N) is 1. The van der Waals surface area contributed by atoms with Gasteiger partial charge in [0.1, 0.15) is 0 Å². The summed E-state index contributed by atoms with van der Waals surface area (Å²) in [4.78, 5) is 21.1. The molecule has 0 radical (unpaired) electrons. The van der Waals surface area contributed by atoms with Crippen molar-refractivity contribution in [3.05, 3.63) is 74.2 Å². The third-order valence-electron chi connectivity index (χ3n) is 5.13. The molecule has 0 aliphatic rings. The second-order valence-electron chi connectivity index (χ2n) is 7.67. The van der Waals surface area contributed by atoms with Crippen LogP contribution < -0.4 is 0 Å². The van der Waals surface area contributed by atoms with Crippen molar-refractivity contribution < 1.29 is 9.90 Å². The molecule has 3 rings (SSSR count). The molecule has 0 aliphatic heterocycles. The van der Waals surface area contributed by atoms with Crippen LogP contribution in [0.4, 0.5) is 0 Å². The Balaban J connectivity index is 1.81. The number of nitrogens with zero attached hydrogens (tertiary/aromatic N) is 1. The highest BCUT2D eigenvalue weighted by Gasteiger charge is 2.15. The minimum atomic E-state index is -0.921. The zero-order valence-corrected chi connectivity index (χ0v) is 20.7. The van der Waals surface area contributed by atoms with Crippen LogP contribution in [0.15, 0.2) is 52.5 Å². The Hall–Kier alpha value is -2.02. The van der Waals surface area contributed by atoms with Crippen LogP contribution in [0, 0.1) is 0 Å². The van der Waals surface area contributed by atoms with Crippen molar-refractivity contribution in [1.29, 1.82) is 0 Å². The number of carbonyl (C=O) groups is 1. The normalized spacial score (nSPS) is 11.8. The molecule has 7 heteroatoms. The molecule has 0 atom stereocenters. The second-order valence-corrected chi connectivity index (χ2v) is 10.2. The van der Waals surface area contributed by atoms with E-state index < -0.39 is 5.97 Å². The Morgan fingerprint density at radius 2 is 2.00 bits per heavy atom. The van der Waals surface area contributed by atoms with Gasteiger partial charge >= 0.3 is 5.97 Å². The molecule has 2 heterocycles. The van der Waals surface area contributed by atoms with E-state index in [1.807, 2.05) is 41.8 Å². The number of halogens is 1. The van der Waals surface area contributed by atoms with Gasteiger partial charge < -0.3 is 10.1 Å². The average Bonchev–Trinajstić information content (AvgIpc) is 3.42. The summed E-state index contributed by atoms with van der Waals surface area (Å²) < 4.78 is 0. The first-order valence-electron chi connectivity index (χ1n) is 11.0. The second kappa shape index (κ2) is 12.9. The van der Waals surface area contributed by atoms with E-state index in [-0.39, 0.29) is 0 Å². The number of unbranched alkanes of at least 4 members (excludes halogenated alkanes) is 4. The summed E-state index contributed by atoms with van der Waals surface area (Å²) in [6.07, 6.45) is 8.82. The average molecular weight is 489 g/mol. The van der Waals surface area contributed by atoms with Gasteiger partial charge in [-0.05, 0) is 35.6 Å². The lowest BCUT2D eigenvalue weighted by molar-refractivity contribution is -0.132. The summed E-state index contributed by atoms with van der Waals surface area (Å²) in [7, 11) is 0. The van der Waals surface area contributed by atoms with Crippen molar-refractivity contribution in [2.24, 2.45) is 0 Å². The molecule has 0 bridgehead atoms. The monoisotopic (exact) mass is 488 g/mol. The minimum absolute atomic E-state index is 0.329. The summed E-state index contributed by atoms with van der Waals surface area (Å²) in [6, 6.07) is 11.6. The lowest BCUT2D eigenvalue weighted by Crippen LogP contribution is -2.04. The maximum atomic E-state index is 11.9. The van der Waals surface area contributed by atoms with Gasteiger partial charge in [0.15, 0.2) is 5.16 Å². The maximum Gasteiger partial charge on any atom is 0.332 e. The molecule has 1 aromatic carbocycles. The molecule has 0 aliphatic carbocycles. The van der Waals surface area contributed by atoms with Gasteiger partial charge in [0.25, 0.3) is 0 Å². The smallest absolute Gasteiger partial charge is 0.332 e. The van der Waals surface area contributed by atoms with Crippen LogP contribution in [0.25, 0.3) is 6.08 Å². The Bertz CT molecular complexity index is 1030. The molecule has 2 N–H and O–H groups in total. The standard InChI is InChI=1S/C25H29ClN2O2S2/c1-2-3-4-5-8-13-32-25-27-22(16-18-10-6-7-12-21(18)26)23(28-25)17-19(24(29)30)15-20-11-9-14-31-20/h6-7,9-12,14,17H,2-5,8,13,15-16H2,1H3,(H,27,28)(H,29,30). The van der Waals surface area contributed by atoms with Crippen LogP contribution in [-0.4, -0.2) is 26.8 Å². The molecular formula is C25H29ClN2O2S2. The van der Waals surface area contributed by atoms with Crippen LogP contribution in [-0.2, 0) is 17.6 Å². The third-order valence-corrected chi connectivity index (χ3v) is 7.34. The van der Waals surface area contributed by atoms with Gasteiger partial charge in [-0.15, -0.1) is 11.3 Å². The molecule has 0 saturated heterocycles. The first-order valence-corrected chi connectivity index (χ1v) is 13.2. The fourth-order valence-electron chi connectivity index (χ4n) is 3.38. The molecule has 170 valence electrons. The van der Waals surface area contributed by atoms with Crippen LogP contribution in [0.2, 0.25) is 5.02 Å². The number of rotatable bonds is 13. The number of carboxylic acids is 1. The Morgan fingerprint density at radius 3 is 2.72 bits per heavy atom. The van der Waals surface area contributed by atoms with Crippen LogP contribution in [0.3, 0.4) is 0 Å². The molecule has 0 spiro atoms. The molecule has 4 nitrogen and oxygen atoms in total. The quantitative estimate of drug-likeness (QED) is 0.148. The number of imidazole rings is 1. The van der Waals surface area contributed by atoms with E-state index >= 15 is 0 Å². The first-order chi connectivity index (χ1) is 15.6. The Labute approximate surface area is 203 Å². The highest BCUT2D eigenvalue weighted by Crippen LogP contribution is 2.26. The van der Waals surface area contributed by atoms with Crippen molar-refractivity contribution in [3.8, 4) is 0 Å². The maximum absolute atomic E-state index is 11.9. The molecular weight excluding hydrogens is 460 g/mol. The minimum Gasteiger partial charge on any atom is -0.478 e. The van der Waals surface area contributed by atoms with E-state index in [1.165, 1.54) is 25.7 Å². The van der Waals surface area contributed by atoms with E-state index in [4.69, 9.17) is 16.6 Å². The van der Waals surface area contributed by atoms with Gasteiger partial charge in [0.2, 0.25) is 0 Å². The van der Waals surface area contributed by atoms with Crippen LogP contribution in [0.5, 0.6) is 0 Å². The van der Waals surface area contributed by atoms with Crippen molar-refractivity contribution >= 4 is 46.7 Å². The molecule has 0 saturated carbocycles. The number of hydrogen-bond donors (Lipinski definition) is 2. The van der Waals surface area contributed by atoms with E-state index in [9.17, 15) is 9.90 Å². The van der Waals surface area contributed by atoms with E-state index in [0.29, 0.717) is 29.1 Å². The van der Waals surface area contributed by atoms with Gasteiger partial charge in [-0.25, -0.2) is 9.78 Å². The number of thiophene rings is 1. The molecule has 0 unspecified atom stereocenters. The van der Waals surface area contributed by atoms with Crippen molar-refractivity contribution in [2.75, 3.05) is 5.75 Å². The van der Waals surface area contributed by atoms with E-state index in [0.717, 1.165) is 33.5 Å². The van der Waals surface area contributed by atoms with Gasteiger partial charge in [-0.3, -0.25) is 0 Å². The van der Waals surface area contributed by atoms with Gasteiger partial charge in [0.05, 0.1) is 5.69 Å². The summed E-state index contributed by atoms with van der Waals surface area (Å²) in [6.45, 7) is 2.22. The molecule has 0 fully saturated rings. The predicted molar refractivity (Wildman–Crippen MR) is 136 cm³/mol. The van der Waals surface area contributed by atoms with E-state index in [2.05, 4.69) is 11.9 Å². The largest absolute Gasteiger partial charge is 0.478 e. The highest BCUT2D eigenvalue weighted by atomic mass is 35.5. The summed E-state index contributed by atoms with van der Waals surface area (Å²) in [5, 5.41) is 13.3. The van der Waals surface area contributed by atoms with Gasteiger partial charge in [0, 0.05) is 39.8 Å². The third kappa shape index (κ3) is 7.54. The molecule has 0 amide bonds. The number of aromatic nitrogens is 2. The van der Waals surface area contributed by atoms with Crippen molar-refractivity contribution in [3.63, 3.8) is 0 Å². The topological polar surface area (TPSA) is 66.0 Å². The number of carboxylic acid groups (broad SMARTS) is 1. The number of H-pyrrole nitrogens is 1. The number of thioether (sulfide) groups is 1. The number of hydrogen-bond acceptors (Lipinski definition) is 4. The molecule has 32 heavy (non-hydrogen) atoms.